The van der Waals surface area contributed by atoms with E-state index in [0.717, 1.165) is 0 Å². The Morgan fingerprint density at radius 2 is 1.95 bits per heavy atom. The number of rotatable bonds is 6. The molecule has 2 aliphatic rings. The van der Waals surface area contributed by atoms with Crippen LogP contribution >= 0.6 is 0 Å². The van der Waals surface area contributed by atoms with Crippen molar-refractivity contribution in [1.29, 1.82) is 0 Å². The Balaban J connectivity index is 1.69. The van der Waals surface area contributed by atoms with Gasteiger partial charge in [-0.05, 0) is 19.4 Å². The number of halogens is 2. The molecular formula is C13H20F2N2O3. The molecule has 5 nitrogen and oxygen atoms in total. The summed E-state index contributed by atoms with van der Waals surface area (Å²) in [7, 11) is 0. The molecule has 0 aromatic carbocycles. The Bertz CT molecular complexity index is 389. The maximum absolute atomic E-state index is 12.7. The summed E-state index contributed by atoms with van der Waals surface area (Å²) in [6.07, 6.45) is 0.677. The van der Waals surface area contributed by atoms with Crippen LogP contribution in [0.25, 0.3) is 0 Å². The van der Waals surface area contributed by atoms with Gasteiger partial charge in [-0.1, -0.05) is 6.92 Å². The second kappa shape index (κ2) is 5.63. The zero-order valence-corrected chi connectivity index (χ0v) is 11.4. The van der Waals surface area contributed by atoms with Crippen molar-refractivity contribution in [3.8, 4) is 0 Å². The number of amides is 1. The average Bonchev–Trinajstić information content (AvgIpc) is 2.26. The van der Waals surface area contributed by atoms with E-state index in [4.69, 9.17) is 5.11 Å². The van der Waals surface area contributed by atoms with Crippen molar-refractivity contribution in [3.63, 3.8) is 0 Å². The number of likely N-dealkylation sites (N-methyl/N-ethyl adjacent to an activating group) is 1. The minimum Gasteiger partial charge on any atom is -0.480 e. The van der Waals surface area contributed by atoms with Crippen molar-refractivity contribution in [2.24, 2.45) is 5.92 Å². The van der Waals surface area contributed by atoms with Gasteiger partial charge in [0.2, 0.25) is 11.8 Å². The number of carboxylic acids is 1. The van der Waals surface area contributed by atoms with Crippen LogP contribution in [0, 0.1) is 5.92 Å². The number of hydrogen-bond donors (Lipinski definition) is 2. The van der Waals surface area contributed by atoms with Gasteiger partial charge >= 0.3 is 5.97 Å². The van der Waals surface area contributed by atoms with Crippen LogP contribution in [0.1, 0.15) is 32.6 Å². The van der Waals surface area contributed by atoms with Crippen molar-refractivity contribution in [3.05, 3.63) is 0 Å². The fourth-order valence-electron chi connectivity index (χ4n) is 2.84. The van der Waals surface area contributed by atoms with Gasteiger partial charge in [0.15, 0.2) is 0 Å². The number of carbonyl (C=O) groups excluding carboxylic acids is 1. The van der Waals surface area contributed by atoms with E-state index in [-0.39, 0.29) is 37.4 Å². The van der Waals surface area contributed by atoms with Gasteiger partial charge in [0.1, 0.15) is 0 Å². The van der Waals surface area contributed by atoms with Gasteiger partial charge < -0.3 is 10.4 Å². The molecule has 2 rings (SSSR count). The molecule has 0 aromatic rings. The lowest BCUT2D eigenvalue weighted by Gasteiger charge is -2.43. The van der Waals surface area contributed by atoms with E-state index in [9.17, 15) is 18.4 Å². The third kappa shape index (κ3) is 3.45. The Kier molecular flexibility index (Phi) is 4.27. The summed E-state index contributed by atoms with van der Waals surface area (Å²) in [5.41, 5.74) is 0. The maximum atomic E-state index is 12.7. The lowest BCUT2D eigenvalue weighted by atomic mass is 9.79. The largest absolute Gasteiger partial charge is 0.480 e. The van der Waals surface area contributed by atoms with Gasteiger partial charge in [-0.15, -0.1) is 0 Å². The van der Waals surface area contributed by atoms with Crippen LogP contribution in [0.15, 0.2) is 0 Å². The topological polar surface area (TPSA) is 69.6 Å². The van der Waals surface area contributed by atoms with Crippen LogP contribution in [0.2, 0.25) is 0 Å². The third-order valence-corrected chi connectivity index (χ3v) is 4.18. The fraction of sp³-hybridized carbons (Fsp3) is 0.846. The number of nitrogens with zero attached hydrogens (tertiary/aromatic N) is 1. The highest BCUT2D eigenvalue weighted by atomic mass is 19.3. The van der Waals surface area contributed by atoms with Gasteiger partial charge in [-0.3, -0.25) is 14.5 Å². The molecule has 114 valence electrons. The zero-order valence-electron chi connectivity index (χ0n) is 11.4. The minimum atomic E-state index is -2.68. The highest BCUT2D eigenvalue weighted by Gasteiger charge is 2.49. The summed E-state index contributed by atoms with van der Waals surface area (Å²) in [5.74, 6) is -4.40. The first kappa shape index (κ1) is 15.2. The van der Waals surface area contributed by atoms with Gasteiger partial charge in [-0.25, -0.2) is 8.78 Å². The highest BCUT2D eigenvalue weighted by molar-refractivity contribution is 5.80. The predicted octanol–water partition coefficient (Wildman–Crippen LogP) is 1.09. The fourth-order valence-corrected chi connectivity index (χ4v) is 2.84. The van der Waals surface area contributed by atoms with Crippen LogP contribution < -0.4 is 5.32 Å². The molecule has 0 radical (unpaired) electrons. The Morgan fingerprint density at radius 1 is 1.35 bits per heavy atom. The van der Waals surface area contributed by atoms with Crippen LogP contribution in [-0.4, -0.2) is 53.0 Å². The third-order valence-electron chi connectivity index (χ3n) is 4.18. The number of alkyl halides is 2. The number of hydrogen-bond acceptors (Lipinski definition) is 3. The van der Waals surface area contributed by atoms with E-state index in [2.05, 4.69) is 5.32 Å². The van der Waals surface area contributed by atoms with Gasteiger partial charge in [0.05, 0.1) is 6.54 Å². The Hall–Kier alpha value is -1.24. The van der Waals surface area contributed by atoms with Crippen molar-refractivity contribution in [2.75, 3.05) is 13.1 Å². The van der Waals surface area contributed by atoms with Crippen LogP contribution in [0.3, 0.4) is 0 Å². The van der Waals surface area contributed by atoms with Crippen LogP contribution in [-0.2, 0) is 9.59 Å². The minimum absolute atomic E-state index is 0.00329. The van der Waals surface area contributed by atoms with Crippen molar-refractivity contribution in [2.45, 2.75) is 50.6 Å². The Labute approximate surface area is 116 Å². The monoisotopic (exact) mass is 290 g/mol. The van der Waals surface area contributed by atoms with E-state index in [0.29, 0.717) is 19.4 Å². The molecule has 0 heterocycles. The first-order valence-electron chi connectivity index (χ1n) is 6.95. The molecule has 0 aromatic heterocycles. The normalized spacial score (nSPS) is 28.6. The molecule has 0 saturated heterocycles. The lowest BCUT2D eigenvalue weighted by Crippen LogP contribution is -2.57. The number of carbonyl (C=O) groups is 2. The van der Waals surface area contributed by atoms with E-state index in [1.807, 2.05) is 11.8 Å². The molecule has 20 heavy (non-hydrogen) atoms. The number of aliphatic carboxylic acids is 1. The molecule has 2 saturated carbocycles. The molecule has 1 amide bonds. The van der Waals surface area contributed by atoms with Gasteiger partial charge in [0.25, 0.3) is 0 Å². The van der Waals surface area contributed by atoms with E-state index in [1.54, 1.807) is 0 Å². The molecule has 0 spiro atoms. The molecule has 0 atom stereocenters. The summed E-state index contributed by atoms with van der Waals surface area (Å²) >= 11 is 0. The average molecular weight is 290 g/mol. The Morgan fingerprint density at radius 3 is 2.40 bits per heavy atom. The standard InChI is InChI=1S/C13H20F2N2O3/c1-2-17(7-11(18)19)10-3-9(4-10)16-12(20)8-5-13(14,15)6-8/h8-10H,2-7H2,1H3,(H,16,20)(H,18,19). The zero-order chi connectivity index (χ0) is 14.9. The maximum Gasteiger partial charge on any atom is 0.317 e. The molecule has 0 bridgehead atoms. The lowest BCUT2D eigenvalue weighted by molar-refractivity contribution is -0.152. The predicted molar refractivity (Wildman–Crippen MR) is 67.5 cm³/mol. The second-order valence-electron chi connectivity index (χ2n) is 5.75. The second-order valence-corrected chi connectivity index (χ2v) is 5.75. The van der Waals surface area contributed by atoms with Crippen LogP contribution in [0.5, 0.6) is 0 Å². The summed E-state index contributed by atoms with van der Waals surface area (Å²) < 4.78 is 25.3. The van der Waals surface area contributed by atoms with E-state index in [1.165, 1.54) is 0 Å². The van der Waals surface area contributed by atoms with Gasteiger partial charge in [0, 0.05) is 30.8 Å². The molecule has 2 fully saturated rings. The summed E-state index contributed by atoms with van der Waals surface area (Å²) in [4.78, 5) is 24.2. The van der Waals surface area contributed by atoms with Crippen molar-refractivity contribution in [1.82, 2.24) is 10.2 Å². The summed E-state index contributed by atoms with van der Waals surface area (Å²) in [5, 5.41) is 11.5. The highest BCUT2D eigenvalue weighted by Crippen LogP contribution is 2.42. The van der Waals surface area contributed by atoms with E-state index < -0.39 is 17.8 Å². The van der Waals surface area contributed by atoms with Crippen molar-refractivity contribution < 1.29 is 23.5 Å². The number of carboxylic acid groups (broad SMARTS) is 1. The first-order valence-corrected chi connectivity index (χ1v) is 6.95. The smallest absolute Gasteiger partial charge is 0.317 e. The number of nitrogens with one attached hydrogen (secondary N) is 1. The SMILES string of the molecule is CCN(CC(=O)O)C1CC(NC(=O)C2CC(F)(F)C2)C1. The molecule has 2 N–H and O–H groups in total. The molecule has 7 heteroatoms. The van der Waals surface area contributed by atoms with E-state index >= 15 is 0 Å². The first-order chi connectivity index (χ1) is 9.30. The summed E-state index contributed by atoms with van der Waals surface area (Å²) in [6.45, 7) is 2.54. The summed E-state index contributed by atoms with van der Waals surface area (Å²) in [6, 6.07) is 0.147. The van der Waals surface area contributed by atoms with Gasteiger partial charge in [-0.2, -0.15) is 0 Å². The van der Waals surface area contributed by atoms with Crippen LogP contribution in [0.4, 0.5) is 8.78 Å². The van der Waals surface area contributed by atoms with Crippen molar-refractivity contribution >= 4 is 11.9 Å². The molecule has 2 aliphatic carbocycles. The quantitative estimate of drug-likeness (QED) is 0.768. The molecular weight excluding hydrogens is 270 g/mol. The molecule has 0 aliphatic heterocycles. The molecule has 0 unspecified atom stereocenters.